The number of esters is 2. The van der Waals surface area contributed by atoms with Gasteiger partial charge in [-0.05, 0) is 123 Å². The van der Waals surface area contributed by atoms with E-state index in [-0.39, 0.29) is 61.2 Å². The maximum absolute atomic E-state index is 15.4. The van der Waals surface area contributed by atoms with Crippen LogP contribution in [0.2, 0.25) is 0 Å². The number of halogens is 2. The Kier molecular flexibility index (Phi) is 23.9. The molecule has 4 fully saturated rings. The second-order valence-electron chi connectivity index (χ2n) is 22.7. The van der Waals surface area contributed by atoms with Gasteiger partial charge in [-0.2, -0.15) is 0 Å². The molecule has 0 radical (unpaired) electrons. The van der Waals surface area contributed by atoms with Crippen LogP contribution in [0.5, 0.6) is 11.5 Å². The molecular weight excluding hydrogens is 1050 g/mol. The van der Waals surface area contributed by atoms with Crippen molar-refractivity contribution < 1.29 is 65.9 Å². The van der Waals surface area contributed by atoms with E-state index in [1.165, 1.54) is 24.3 Å². The maximum Gasteiger partial charge on any atom is 0.418 e. The molecule has 0 saturated carbocycles. The third-order valence-electron chi connectivity index (χ3n) is 15.4. The highest BCUT2D eigenvalue weighted by Crippen LogP contribution is 2.31. The van der Waals surface area contributed by atoms with Crippen molar-refractivity contribution in [2.75, 3.05) is 92.0 Å². The molecule has 4 aliphatic rings. The molecule has 2 unspecified atom stereocenters. The lowest BCUT2D eigenvalue weighted by molar-refractivity contribution is -0.183. The molecule has 2 atom stereocenters. The Labute approximate surface area is 482 Å². The van der Waals surface area contributed by atoms with Gasteiger partial charge in [0.1, 0.15) is 23.1 Å². The molecule has 0 aliphatic carbocycles. The fraction of sp³-hybridized carbons (Fsp3) is 0.562. The number of rotatable bonds is 26. The smallest absolute Gasteiger partial charge is 0.418 e. The van der Waals surface area contributed by atoms with Crippen LogP contribution in [0.3, 0.4) is 0 Å². The van der Waals surface area contributed by atoms with E-state index in [4.69, 9.17) is 37.9 Å². The van der Waals surface area contributed by atoms with Gasteiger partial charge < -0.3 is 57.5 Å². The van der Waals surface area contributed by atoms with Gasteiger partial charge in [-0.25, -0.2) is 18.4 Å². The van der Waals surface area contributed by atoms with E-state index in [1.54, 1.807) is 82.6 Å². The lowest BCUT2D eigenvalue weighted by Crippen LogP contribution is -2.51. The quantitative estimate of drug-likeness (QED) is 0.0433. The predicted molar refractivity (Wildman–Crippen MR) is 304 cm³/mol. The van der Waals surface area contributed by atoms with Gasteiger partial charge in [-0.15, -0.1) is 0 Å². The first-order valence-electron chi connectivity index (χ1n) is 29.6. The molecule has 0 bridgehead atoms. The van der Waals surface area contributed by atoms with Gasteiger partial charge in [-0.3, -0.25) is 9.59 Å². The van der Waals surface area contributed by atoms with Crippen molar-refractivity contribution >= 4 is 23.8 Å². The number of benzene rings is 4. The van der Waals surface area contributed by atoms with Crippen molar-refractivity contribution in [3.63, 3.8) is 0 Å². The highest BCUT2D eigenvalue weighted by Gasteiger charge is 2.40. The van der Waals surface area contributed by atoms with Crippen LogP contribution in [-0.4, -0.2) is 160 Å². The van der Waals surface area contributed by atoms with E-state index in [9.17, 15) is 18.4 Å². The molecule has 18 heteroatoms. The minimum atomic E-state index is -1.62. The van der Waals surface area contributed by atoms with E-state index < -0.39 is 36.0 Å². The zero-order valence-electron chi connectivity index (χ0n) is 48.3. The SMILES string of the molecule is CC(C)COc1ccc(C(OC(=O)C(=O)OC(C(=O)N(CCc2ccc(F)cc2)C2CCN(CCC3OCCCO3)CC2)c2ccc(OCC(C)C)cc2)C(=O)N(CCc2ccc(F)cc2)C2CCN(CCC3OCCCO3)CC2)cc1. The van der Waals surface area contributed by atoms with Crippen LogP contribution in [0, 0.1) is 23.5 Å². The third kappa shape index (κ3) is 19.0. The monoisotopic (exact) mass is 1140 g/mol. The molecule has 4 heterocycles. The van der Waals surface area contributed by atoms with E-state index in [1.807, 2.05) is 27.7 Å². The first-order chi connectivity index (χ1) is 39.7. The predicted octanol–water partition coefficient (Wildman–Crippen LogP) is 9.28. The number of carbonyl (C=O) groups excluding carboxylic acids is 4. The van der Waals surface area contributed by atoms with E-state index >= 15 is 9.59 Å². The van der Waals surface area contributed by atoms with Crippen LogP contribution >= 0.6 is 0 Å². The molecule has 0 aromatic heterocycles. The molecule has 16 nitrogen and oxygen atoms in total. The highest BCUT2D eigenvalue weighted by molar-refractivity contribution is 6.30. The Morgan fingerprint density at radius 2 is 0.854 bits per heavy atom. The standard InChI is InChI=1S/C64H84F2N4O12/c1-45(2)43-79-55-19-11-49(12-20-55)59(61(71)69(37-23-47-7-15-51(65)16-8-47)53-25-31-67(32-26-53)35-29-57-75-39-5-40-76-57)81-63(73)64(74)82-60(50-13-21-56(22-14-50)80-44-46(3)4)62(72)70(38-24-48-9-17-52(66)18-10-48)54-27-33-68(34-28-54)36-30-58-77-41-6-42-78-58/h7-22,45-46,53-54,57-60H,5-6,23-44H2,1-4H3. The molecule has 446 valence electrons. The van der Waals surface area contributed by atoms with Gasteiger partial charge in [0.15, 0.2) is 12.6 Å². The summed E-state index contributed by atoms with van der Waals surface area (Å²) in [7, 11) is 0. The highest BCUT2D eigenvalue weighted by atomic mass is 19.1. The van der Waals surface area contributed by atoms with Crippen LogP contribution in [0.1, 0.15) is 114 Å². The topological polar surface area (TPSA) is 155 Å². The molecule has 4 aliphatic heterocycles. The van der Waals surface area contributed by atoms with E-state index in [2.05, 4.69) is 9.80 Å². The molecule has 0 N–H and O–H groups in total. The van der Waals surface area contributed by atoms with Crippen LogP contribution in [-0.2, 0) is 60.4 Å². The zero-order valence-corrected chi connectivity index (χ0v) is 48.3. The lowest BCUT2D eigenvalue weighted by atomic mass is 9.99. The molecular formula is C64H84F2N4O12. The summed E-state index contributed by atoms with van der Waals surface area (Å²) < 4.78 is 75.6. The summed E-state index contributed by atoms with van der Waals surface area (Å²) >= 11 is 0. The van der Waals surface area contributed by atoms with Gasteiger partial charge >= 0.3 is 11.9 Å². The van der Waals surface area contributed by atoms with Crippen LogP contribution in [0.4, 0.5) is 8.78 Å². The van der Waals surface area contributed by atoms with Gasteiger partial charge in [0, 0.05) is 88.4 Å². The van der Waals surface area contributed by atoms with Gasteiger partial charge in [0.25, 0.3) is 11.8 Å². The Morgan fingerprint density at radius 1 is 0.512 bits per heavy atom. The molecule has 4 saturated heterocycles. The number of hydrogen-bond donors (Lipinski definition) is 0. The van der Waals surface area contributed by atoms with E-state index in [0.717, 1.165) is 37.1 Å². The van der Waals surface area contributed by atoms with Crippen molar-refractivity contribution in [3.8, 4) is 11.5 Å². The van der Waals surface area contributed by atoms with Crippen molar-refractivity contribution in [2.24, 2.45) is 11.8 Å². The fourth-order valence-electron chi connectivity index (χ4n) is 10.8. The average Bonchev–Trinajstić information content (AvgIpc) is 3.55. The summed E-state index contributed by atoms with van der Waals surface area (Å²) in [6, 6.07) is 25.0. The van der Waals surface area contributed by atoms with Crippen LogP contribution < -0.4 is 9.47 Å². The van der Waals surface area contributed by atoms with Crippen LogP contribution in [0.15, 0.2) is 97.1 Å². The number of hydrogen-bond acceptors (Lipinski definition) is 14. The number of nitrogens with zero attached hydrogens (tertiary/aromatic N) is 4. The molecule has 2 amide bonds. The second-order valence-corrected chi connectivity index (χ2v) is 22.7. The molecule has 82 heavy (non-hydrogen) atoms. The van der Waals surface area contributed by atoms with Crippen molar-refractivity contribution in [1.82, 2.24) is 19.6 Å². The molecule has 4 aromatic rings. The van der Waals surface area contributed by atoms with E-state index in [0.29, 0.717) is 140 Å². The lowest BCUT2D eigenvalue weighted by Gasteiger charge is -2.40. The minimum absolute atomic E-state index is 0.205. The number of amides is 2. The summed E-state index contributed by atoms with van der Waals surface area (Å²) in [5, 5.41) is 0. The number of carbonyl (C=O) groups is 4. The third-order valence-corrected chi connectivity index (χ3v) is 15.4. The number of ether oxygens (including phenoxy) is 8. The van der Waals surface area contributed by atoms with Gasteiger partial charge in [0.05, 0.1) is 39.6 Å². The normalized spacial score (nSPS) is 18.0. The summed E-state index contributed by atoms with van der Waals surface area (Å²) in [5.74, 6) is -3.23. The fourth-order valence-corrected chi connectivity index (χ4v) is 10.8. The maximum atomic E-state index is 15.4. The Bertz CT molecular complexity index is 2400. The summed E-state index contributed by atoms with van der Waals surface area (Å²) in [6.07, 6.45) is 2.61. The van der Waals surface area contributed by atoms with Crippen molar-refractivity contribution in [1.29, 1.82) is 0 Å². The molecule has 4 aromatic carbocycles. The zero-order chi connectivity index (χ0) is 57.8. The summed E-state index contributed by atoms with van der Waals surface area (Å²) in [4.78, 5) is 68.1. The second kappa shape index (κ2) is 31.6. The van der Waals surface area contributed by atoms with Crippen LogP contribution in [0.25, 0.3) is 0 Å². The Balaban J connectivity index is 1.05. The number of piperidine rings is 2. The molecule has 8 rings (SSSR count). The number of likely N-dealkylation sites (tertiary alicyclic amines) is 2. The molecule has 0 spiro atoms. The minimum Gasteiger partial charge on any atom is -0.493 e. The Hall–Kier alpha value is -6.02. The van der Waals surface area contributed by atoms with Crippen molar-refractivity contribution in [3.05, 3.63) is 131 Å². The largest absolute Gasteiger partial charge is 0.493 e. The Morgan fingerprint density at radius 3 is 1.18 bits per heavy atom. The summed E-state index contributed by atoms with van der Waals surface area (Å²) in [6.45, 7) is 16.3. The first-order valence-corrected chi connectivity index (χ1v) is 29.6. The van der Waals surface area contributed by atoms with Gasteiger partial charge in [0.2, 0.25) is 12.2 Å². The summed E-state index contributed by atoms with van der Waals surface area (Å²) in [5.41, 5.74) is 2.20. The average molecular weight is 1140 g/mol. The van der Waals surface area contributed by atoms with Crippen molar-refractivity contribution in [2.45, 2.75) is 129 Å². The van der Waals surface area contributed by atoms with Gasteiger partial charge in [-0.1, -0.05) is 76.2 Å². The first kappa shape index (κ1) is 62.0.